The first-order valence-corrected chi connectivity index (χ1v) is 9.86. The van der Waals surface area contributed by atoms with Gasteiger partial charge in [-0.05, 0) is 56.2 Å². The van der Waals surface area contributed by atoms with Crippen molar-refractivity contribution in [2.45, 2.75) is 45.1 Å². The lowest BCUT2D eigenvalue weighted by atomic mass is 9.84. The second kappa shape index (κ2) is 10.9. The molecule has 0 aliphatic carbocycles. The second-order valence-electron chi connectivity index (χ2n) is 7.61. The smallest absolute Gasteiger partial charge is 0.223 e. The average Bonchev–Trinajstić information content (AvgIpc) is 3.18. The number of hydrogen-bond acceptors (Lipinski definition) is 3. The van der Waals surface area contributed by atoms with Crippen LogP contribution in [0.15, 0.2) is 30.3 Å². The van der Waals surface area contributed by atoms with Crippen LogP contribution in [0.3, 0.4) is 0 Å². The minimum Gasteiger partial charge on any atom is -0.379 e. The number of ether oxygens (including phenoxy) is 1. The molecule has 0 saturated carbocycles. The highest BCUT2D eigenvalue weighted by atomic mass is 35.5. The lowest BCUT2D eigenvalue weighted by Gasteiger charge is -2.32. The maximum Gasteiger partial charge on any atom is 0.223 e. The van der Waals surface area contributed by atoms with E-state index in [0.717, 1.165) is 39.1 Å². The molecular weight excluding hydrogens is 348 g/mol. The first-order chi connectivity index (χ1) is 12.2. The summed E-state index contributed by atoms with van der Waals surface area (Å²) < 4.78 is 5.56. The minimum atomic E-state index is 0. The summed E-state index contributed by atoms with van der Waals surface area (Å²) in [6, 6.07) is 10.7. The molecule has 0 bridgehead atoms. The van der Waals surface area contributed by atoms with Crippen LogP contribution in [0.5, 0.6) is 0 Å². The summed E-state index contributed by atoms with van der Waals surface area (Å²) in [4.78, 5) is 15.2. The predicted octanol–water partition coefficient (Wildman–Crippen LogP) is 3.29. The van der Waals surface area contributed by atoms with E-state index in [9.17, 15) is 4.79 Å². The zero-order valence-electron chi connectivity index (χ0n) is 15.9. The van der Waals surface area contributed by atoms with E-state index in [0.29, 0.717) is 30.8 Å². The quantitative estimate of drug-likeness (QED) is 0.789. The van der Waals surface area contributed by atoms with Gasteiger partial charge in [0.1, 0.15) is 0 Å². The van der Waals surface area contributed by atoms with Crippen molar-refractivity contribution in [2.75, 3.05) is 32.8 Å². The van der Waals surface area contributed by atoms with Crippen molar-refractivity contribution in [1.82, 2.24) is 10.2 Å². The molecule has 0 spiro atoms. The number of carbonyl (C=O) groups excluding carboxylic acids is 1. The molecule has 1 aromatic carbocycles. The van der Waals surface area contributed by atoms with Crippen LogP contribution in [-0.4, -0.2) is 49.7 Å². The first-order valence-electron chi connectivity index (χ1n) is 9.86. The van der Waals surface area contributed by atoms with Crippen LogP contribution in [0.2, 0.25) is 0 Å². The molecule has 1 aromatic rings. The number of amides is 1. The molecular formula is C21H33ClN2O2. The van der Waals surface area contributed by atoms with Crippen LogP contribution in [0.4, 0.5) is 0 Å². The van der Waals surface area contributed by atoms with E-state index in [-0.39, 0.29) is 18.4 Å². The molecule has 2 aliphatic rings. The van der Waals surface area contributed by atoms with E-state index in [1.54, 1.807) is 0 Å². The number of piperidine rings is 1. The zero-order chi connectivity index (χ0) is 17.5. The molecule has 0 radical (unpaired) electrons. The highest BCUT2D eigenvalue weighted by Gasteiger charge is 2.30. The molecule has 146 valence electrons. The average molecular weight is 381 g/mol. The third-order valence-corrected chi connectivity index (χ3v) is 5.84. The van der Waals surface area contributed by atoms with Gasteiger partial charge >= 0.3 is 0 Å². The van der Waals surface area contributed by atoms with Crippen LogP contribution < -0.4 is 5.32 Å². The summed E-state index contributed by atoms with van der Waals surface area (Å²) in [7, 11) is 0. The molecule has 26 heavy (non-hydrogen) atoms. The van der Waals surface area contributed by atoms with Gasteiger partial charge in [-0.15, -0.1) is 12.4 Å². The van der Waals surface area contributed by atoms with Gasteiger partial charge in [-0.2, -0.15) is 0 Å². The van der Waals surface area contributed by atoms with Gasteiger partial charge in [0.2, 0.25) is 5.91 Å². The summed E-state index contributed by atoms with van der Waals surface area (Å²) in [5.74, 6) is 1.47. The Bertz CT molecular complexity index is 528. The summed E-state index contributed by atoms with van der Waals surface area (Å²) in [5, 5.41) is 3.42. The Balaban J connectivity index is 0.00000243. The first kappa shape index (κ1) is 21.2. The van der Waals surface area contributed by atoms with Gasteiger partial charge in [0, 0.05) is 19.6 Å². The predicted molar refractivity (Wildman–Crippen MR) is 108 cm³/mol. The number of hydrogen-bond donors (Lipinski definition) is 1. The number of nitrogens with one attached hydrogen (secondary N) is 1. The van der Waals surface area contributed by atoms with Crippen molar-refractivity contribution >= 4 is 18.3 Å². The van der Waals surface area contributed by atoms with Crippen molar-refractivity contribution in [2.24, 2.45) is 11.8 Å². The minimum absolute atomic E-state index is 0. The largest absolute Gasteiger partial charge is 0.379 e. The van der Waals surface area contributed by atoms with Gasteiger partial charge in [0.05, 0.1) is 12.6 Å². The van der Waals surface area contributed by atoms with E-state index in [2.05, 4.69) is 41.4 Å². The van der Waals surface area contributed by atoms with Crippen LogP contribution in [0, 0.1) is 11.8 Å². The van der Waals surface area contributed by atoms with Gasteiger partial charge in [0.15, 0.2) is 0 Å². The molecule has 2 heterocycles. The Morgan fingerprint density at radius 2 is 1.96 bits per heavy atom. The third kappa shape index (κ3) is 5.97. The van der Waals surface area contributed by atoms with E-state index in [4.69, 9.17) is 4.74 Å². The SMILES string of the molecule is CC(CC(=O)N(CCc1ccccc1)C1CCOC1)C1CCNCC1.Cl. The van der Waals surface area contributed by atoms with Crippen molar-refractivity contribution in [3.8, 4) is 0 Å². The Morgan fingerprint density at radius 1 is 1.23 bits per heavy atom. The number of halogens is 1. The Morgan fingerprint density at radius 3 is 2.62 bits per heavy atom. The normalized spacial score (nSPS) is 21.8. The van der Waals surface area contributed by atoms with E-state index < -0.39 is 0 Å². The van der Waals surface area contributed by atoms with Crippen LogP contribution in [0.25, 0.3) is 0 Å². The number of nitrogens with zero attached hydrogens (tertiary/aromatic N) is 1. The van der Waals surface area contributed by atoms with Crippen LogP contribution >= 0.6 is 12.4 Å². The number of carbonyl (C=O) groups is 1. The third-order valence-electron chi connectivity index (χ3n) is 5.84. The lowest BCUT2D eigenvalue weighted by Crippen LogP contribution is -2.43. The standard InChI is InChI=1S/C21H32N2O2.ClH/c1-17(19-7-11-22-12-8-19)15-21(24)23(20-10-14-25-16-20)13-9-18-5-3-2-4-6-18;/h2-6,17,19-20,22H,7-16H2,1H3;1H. The highest BCUT2D eigenvalue weighted by Crippen LogP contribution is 2.26. The monoisotopic (exact) mass is 380 g/mol. The highest BCUT2D eigenvalue weighted by molar-refractivity contribution is 5.85. The van der Waals surface area contributed by atoms with Gasteiger partial charge in [-0.3, -0.25) is 4.79 Å². The molecule has 5 heteroatoms. The number of rotatable bonds is 7. The van der Waals surface area contributed by atoms with E-state index >= 15 is 0 Å². The van der Waals surface area contributed by atoms with E-state index in [1.165, 1.54) is 18.4 Å². The molecule has 3 rings (SSSR count). The molecule has 2 fully saturated rings. The fourth-order valence-electron chi connectivity index (χ4n) is 4.15. The van der Waals surface area contributed by atoms with Crippen molar-refractivity contribution in [3.63, 3.8) is 0 Å². The van der Waals surface area contributed by atoms with Crippen molar-refractivity contribution in [3.05, 3.63) is 35.9 Å². The fourth-order valence-corrected chi connectivity index (χ4v) is 4.15. The van der Waals surface area contributed by atoms with Crippen LogP contribution in [-0.2, 0) is 16.0 Å². The van der Waals surface area contributed by atoms with Gasteiger partial charge in [-0.25, -0.2) is 0 Å². The lowest BCUT2D eigenvalue weighted by molar-refractivity contribution is -0.135. The van der Waals surface area contributed by atoms with Gasteiger partial charge < -0.3 is 15.0 Å². The Hall–Kier alpha value is -1.10. The summed E-state index contributed by atoms with van der Waals surface area (Å²) in [5.41, 5.74) is 1.30. The maximum absolute atomic E-state index is 13.1. The molecule has 2 atom stereocenters. The van der Waals surface area contributed by atoms with Crippen LogP contribution in [0.1, 0.15) is 38.2 Å². The number of benzene rings is 1. The summed E-state index contributed by atoms with van der Waals surface area (Å²) in [6.45, 7) is 6.73. The molecule has 2 saturated heterocycles. The Labute approximate surface area is 164 Å². The summed E-state index contributed by atoms with van der Waals surface area (Å²) in [6.07, 6.45) is 4.97. The van der Waals surface area contributed by atoms with Crippen molar-refractivity contribution in [1.29, 1.82) is 0 Å². The maximum atomic E-state index is 13.1. The summed E-state index contributed by atoms with van der Waals surface area (Å²) >= 11 is 0. The molecule has 2 unspecified atom stereocenters. The molecule has 1 N–H and O–H groups in total. The molecule has 4 nitrogen and oxygen atoms in total. The molecule has 0 aromatic heterocycles. The fraction of sp³-hybridized carbons (Fsp3) is 0.667. The van der Waals surface area contributed by atoms with Crippen molar-refractivity contribution < 1.29 is 9.53 Å². The molecule has 2 aliphatic heterocycles. The van der Waals surface area contributed by atoms with Gasteiger partial charge in [0.25, 0.3) is 0 Å². The van der Waals surface area contributed by atoms with Gasteiger partial charge in [-0.1, -0.05) is 37.3 Å². The Kier molecular flexibility index (Phi) is 8.89. The second-order valence-corrected chi connectivity index (χ2v) is 7.61. The topological polar surface area (TPSA) is 41.6 Å². The zero-order valence-corrected chi connectivity index (χ0v) is 16.7. The molecule has 1 amide bonds. The van der Waals surface area contributed by atoms with E-state index in [1.807, 2.05) is 6.07 Å².